The van der Waals surface area contributed by atoms with Crippen LogP contribution in [0.25, 0.3) is 5.65 Å². The molecule has 1 amide bonds. The summed E-state index contributed by atoms with van der Waals surface area (Å²) < 4.78 is 6.76. The molecular weight excluding hydrogens is 312 g/mol. The molecule has 7 heteroatoms. The van der Waals surface area contributed by atoms with E-state index in [-0.39, 0.29) is 0 Å². The third-order valence-electron chi connectivity index (χ3n) is 3.16. The van der Waals surface area contributed by atoms with Gasteiger partial charge in [-0.05, 0) is 30.7 Å². The van der Waals surface area contributed by atoms with E-state index in [0.29, 0.717) is 13.2 Å². The van der Waals surface area contributed by atoms with Crippen LogP contribution in [-0.4, -0.2) is 27.3 Å². The lowest BCUT2D eigenvalue weighted by Gasteiger charge is -2.10. The fourth-order valence-electron chi connectivity index (χ4n) is 2.09. The minimum atomic E-state index is -0.404. The number of pyridine rings is 1. The highest BCUT2D eigenvalue weighted by Gasteiger charge is 2.07. The summed E-state index contributed by atoms with van der Waals surface area (Å²) >= 11 is 1.63. The number of nitrogens with one attached hydrogen (secondary N) is 1. The highest BCUT2D eigenvalue weighted by atomic mass is 32.2. The first-order chi connectivity index (χ1) is 11.3. The second-order valence-electron chi connectivity index (χ2n) is 4.75. The van der Waals surface area contributed by atoms with Gasteiger partial charge >= 0.3 is 6.09 Å². The number of hydrogen-bond donors (Lipinski definition) is 1. The predicted octanol–water partition coefficient (Wildman–Crippen LogP) is 3.13. The number of alkyl carbamates (subject to hydrolysis) is 1. The number of fused-ring (bicyclic) bond motifs is 1. The van der Waals surface area contributed by atoms with Gasteiger partial charge in [0.05, 0.1) is 6.61 Å². The first-order valence-electron chi connectivity index (χ1n) is 7.22. The van der Waals surface area contributed by atoms with E-state index in [1.54, 1.807) is 25.0 Å². The van der Waals surface area contributed by atoms with Crippen LogP contribution in [0.2, 0.25) is 0 Å². The average Bonchev–Trinajstić information content (AvgIpc) is 3.02. The van der Waals surface area contributed by atoms with Crippen molar-refractivity contribution >= 4 is 23.5 Å². The van der Waals surface area contributed by atoms with Crippen molar-refractivity contribution in [2.24, 2.45) is 0 Å². The topological polar surface area (TPSA) is 68.5 Å². The van der Waals surface area contributed by atoms with Crippen LogP contribution in [0.3, 0.4) is 0 Å². The van der Waals surface area contributed by atoms with Crippen LogP contribution in [0.15, 0.2) is 58.7 Å². The zero-order chi connectivity index (χ0) is 16.1. The summed E-state index contributed by atoms with van der Waals surface area (Å²) in [4.78, 5) is 13.6. The molecule has 0 aliphatic rings. The largest absolute Gasteiger partial charge is 0.450 e. The van der Waals surface area contributed by atoms with Crippen LogP contribution in [0.5, 0.6) is 0 Å². The summed E-state index contributed by atoms with van der Waals surface area (Å²) in [6.07, 6.45) is 3.25. The molecule has 0 fully saturated rings. The van der Waals surface area contributed by atoms with Gasteiger partial charge in [-0.25, -0.2) is 4.79 Å². The number of carbonyl (C=O) groups excluding carboxylic acids is 1. The van der Waals surface area contributed by atoms with Gasteiger partial charge in [-0.2, -0.15) is 0 Å². The molecule has 0 aliphatic heterocycles. The number of nitrogens with zero attached hydrogens (tertiary/aromatic N) is 3. The van der Waals surface area contributed by atoms with Crippen LogP contribution in [-0.2, 0) is 11.3 Å². The Bertz CT molecular complexity index is 818. The van der Waals surface area contributed by atoms with Crippen LogP contribution in [0.4, 0.5) is 4.79 Å². The first-order valence-corrected chi connectivity index (χ1v) is 8.03. The summed E-state index contributed by atoms with van der Waals surface area (Å²) in [6, 6.07) is 11.9. The van der Waals surface area contributed by atoms with Crippen molar-refractivity contribution in [3.63, 3.8) is 0 Å². The number of carbonyl (C=O) groups is 1. The lowest BCUT2D eigenvalue weighted by Crippen LogP contribution is -2.23. The number of hydrogen-bond acceptors (Lipinski definition) is 5. The smallest absolute Gasteiger partial charge is 0.407 e. The molecule has 1 aromatic carbocycles. The normalized spacial score (nSPS) is 10.7. The molecule has 0 bridgehead atoms. The Morgan fingerprint density at radius 3 is 3.04 bits per heavy atom. The van der Waals surface area contributed by atoms with E-state index in [2.05, 4.69) is 15.5 Å². The maximum atomic E-state index is 11.4. The molecule has 0 unspecified atom stereocenters. The molecule has 0 saturated carbocycles. The average molecular weight is 328 g/mol. The monoisotopic (exact) mass is 328 g/mol. The Balaban J connectivity index is 1.75. The van der Waals surface area contributed by atoms with Gasteiger partial charge < -0.3 is 10.1 Å². The van der Waals surface area contributed by atoms with Gasteiger partial charge in [-0.1, -0.05) is 30.0 Å². The minimum absolute atomic E-state index is 0.362. The van der Waals surface area contributed by atoms with E-state index < -0.39 is 6.09 Å². The van der Waals surface area contributed by atoms with Gasteiger partial charge in [0.2, 0.25) is 0 Å². The Kier molecular flexibility index (Phi) is 4.77. The Morgan fingerprint density at radius 2 is 2.17 bits per heavy atom. The van der Waals surface area contributed by atoms with Gasteiger partial charge in [0.1, 0.15) is 6.33 Å². The third kappa shape index (κ3) is 3.81. The molecule has 0 aliphatic carbocycles. The molecule has 2 aromatic heterocycles. The van der Waals surface area contributed by atoms with Crippen molar-refractivity contribution in [1.29, 1.82) is 0 Å². The van der Waals surface area contributed by atoms with Crippen molar-refractivity contribution in [2.45, 2.75) is 23.3 Å². The highest BCUT2D eigenvalue weighted by molar-refractivity contribution is 7.99. The molecule has 1 N–H and O–H groups in total. The number of benzene rings is 1. The predicted molar refractivity (Wildman–Crippen MR) is 87.4 cm³/mol. The van der Waals surface area contributed by atoms with E-state index in [1.165, 1.54) is 0 Å². The summed E-state index contributed by atoms with van der Waals surface area (Å²) in [6.45, 7) is 2.57. The Morgan fingerprint density at radius 1 is 1.30 bits per heavy atom. The van der Waals surface area contributed by atoms with Crippen LogP contribution in [0, 0.1) is 0 Å². The second kappa shape index (κ2) is 7.15. The molecule has 3 rings (SSSR count). The van der Waals surface area contributed by atoms with Crippen LogP contribution >= 0.6 is 11.8 Å². The molecule has 6 nitrogen and oxygen atoms in total. The zero-order valence-corrected chi connectivity index (χ0v) is 13.4. The maximum absolute atomic E-state index is 11.4. The van der Waals surface area contributed by atoms with E-state index in [0.717, 1.165) is 21.0 Å². The first kappa shape index (κ1) is 15.4. The van der Waals surface area contributed by atoms with E-state index >= 15 is 0 Å². The van der Waals surface area contributed by atoms with Gasteiger partial charge in [0.25, 0.3) is 0 Å². The van der Waals surface area contributed by atoms with Gasteiger partial charge in [-0.15, -0.1) is 10.2 Å². The quantitative estimate of drug-likeness (QED) is 0.779. The zero-order valence-electron chi connectivity index (χ0n) is 12.6. The second-order valence-corrected chi connectivity index (χ2v) is 5.86. The standard InChI is InChI=1S/C16H16N4O2S/c1-2-22-16(21)17-9-12-5-3-4-6-14(12)23-13-7-8-15-19-18-11-20(15)10-13/h3-8,10-11H,2,9H2,1H3,(H,17,21). The maximum Gasteiger partial charge on any atom is 0.407 e. The number of amides is 1. The van der Waals surface area contributed by atoms with Crippen LogP contribution in [0.1, 0.15) is 12.5 Å². The molecule has 0 radical (unpaired) electrons. The molecule has 3 aromatic rings. The molecule has 118 valence electrons. The van der Waals surface area contributed by atoms with Crippen LogP contribution < -0.4 is 5.32 Å². The molecular formula is C16H16N4O2S. The third-order valence-corrected chi connectivity index (χ3v) is 4.26. The van der Waals surface area contributed by atoms with E-state index in [1.807, 2.05) is 47.0 Å². The fraction of sp³-hybridized carbons (Fsp3) is 0.188. The van der Waals surface area contributed by atoms with Gasteiger partial charge in [0, 0.05) is 22.5 Å². The lowest BCUT2D eigenvalue weighted by atomic mass is 10.2. The van der Waals surface area contributed by atoms with Gasteiger partial charge in [0.15, 0.2) is 5.65 Å². The number of aromatic nitrogens is 3. The summed E-state index contributed by atoms with van der Waals surface area (Å²) in [5.74, 6) is 0. The summed E-state index contributed by atoms with van der Waals surface area (Å²) in [7, 11) is 0. The van der Waals surface area contributed by atoms with Crippen molar-refractivity contribution in [3.8, 4) is 0 Å². The molecule has 0 atom stereocenters. The van der Waals surface area contributed by atoms with Crippen molar-refractivity contribution in [1.82, 2.24) is 19.9 Å². The van der Waals surface area contributed by atoms with Crippen molar-refractivity contribution in [2.75, 3.05) is 6.61 Å². The van der Waals surface area contributed by atoms with E-state index in [4.69, 9.17) is 4.74 Å². The minimum Gasteiger partial charge on any atom is -0.450 e. The fourth-order valence-corrected chi connectivity index (χ4v) is 3.07. The Labute approximate surface area is 137 Å². The van der Waals surface area contributed by atoms with E-state index in [9.17, 15) is 4.79 Å². The van der Waals surface area contributed by atoms with Gasteiger partial charge in [-0.3, -0.25) is 4.40 Å². The van der Waals surface area contributed by atoms with Crippen molar-refractivity contribution in [3.05, 3.63) is 54.5 Å². The molecule has 2 heterocycles. The summed E-state index contributed by atoms with van der Waals surface area (Å²) in [5, 5.41) is 10.6. The molecule has 0 saturated heterocycles. The number of rotatable bonds is 5. The molecule has 23 heavy (non-hydrogen) atoms. The lowest BCUT2D eigenvalue weighted by molar-refractivity contribution is 0.151. The number of ether oxygens (including phenoxy) is 1. The summed E-state index contributed by atoms with van der Waals surface area (Å²) in [5.41, 5.74) is 1.85. The SMILES string of the molecule is CCOC(=O)NCc1ccccc1Sc1ccc2nncn2c1. The molecule has 0 spiro atoms. The highest BCUT2D eigenvalue weighted by Crippen LogP contribution is 2.30. The Hall–Kier alpha value is -2.54. The van der Waals surface area contributed by atoms with Crippen molar-refractivity contribution < 1.29 is 9.53 Å².